The first kappa shape index (κ1) is 14.9. The normalized spacial score (nSPS) is 18.6. The molecule has 4 nitrogen and oxygen atoms in total. The van der Waals surface area contributed by atoms with Crippen molar-refractivity contribution in [3.63, 3.8) is 0 Å². The highest BCUT2D eigenvalue weighted by Gasteiger charge is 2.37. The van der Waals surface area contributed by atoms with Gasteiger partial charge in [-0.2, -0.15) is 0 Å². The minimum Gasteiger partial charge on any atom is -0.337 e. The van der Waals surface area contributed by atoms with Crippen LogP contribution in [0.5, 0.6) is 0 Å². The molecule has 0 spiro atoms. The molecule has 3 rings (SSSR count). The minimum absolute atomic E-state index is 0.0135. The Morgan fingerprint density at radius 2 is 2.05 bits per heavy atom. The lowest BCUT2D eigenvalue weighted by Crippen LogP contribution is -2.45. The van der Waals surface area contributed by atoms with Crippen LogP contribution in [0.1, 0.15) is 39.3 Å². The molecule has 1 aromatic carbocycles. The molecule has 1 saturated heterocycles. The maximum absolute atomic E-state index is 12.7. The van der Waals surface area contributed by atoms with E-state index in [0.29, 0.717) is 6.42 Å². The van der Waals surface area contributed by atoms with Crippen molar-refractivity contribution in [3.05, 3.63) is 36.2 Å². The average molecular weight is 297 g/mol. The zero-order chi connectivity index (χ0) is 15.7. The van der Waals surface area contributed by atoms with Gasteiger partial charge in [0.1, 0.15) is 0 Å². The number of amides is 1. The number of likely N-dealkylation sites (tertiary alicyclic amines) is 1. The van der Waals surface area contributed by atoms with Crippen molar-refractivity contribution in [3.8, 4) is 0 Å². The van der Waals surface area contributed by atoms with Crippen LogP contribution < -0.4 is 0 Å². The summed E-state index contributed by atoms with van der Waals surface area (Å²) in [6, 6.07) is 7.83. The van der Waals surface area contributed by atoms with Gasteiger partial charge < -0.3 is 4.90 Å². The number of hydrogen-bond acceptors (Lipinski definition) is 3. The molecule has 0 bridgehead atoms. The van der Waals surface area contributed by atoms with Crippen LogP contribution in [-0.4, -0.2) is 32.9 Å². The van der Waals surface area contributed by atoms with Gasteiger partial charge in [0, 0.05) is 30.6 Å². The Hall–Kier alpha value is -1.97. The summed E-state index contributed by atoms with van der Waals surface area (Å²) < 4.78 is 0. The van der Waals surface area contributed by atoms with E-state index < -0.39 is 0 Å². The summed E-state index contributed by atoms with van der Waals surface area (Å²) in [5, 5.41) is 0. The van der Waals surface area contributed by atoms with Crippen molar-refractivity contribution in [1.82, 2.24) is 14.9 Å². The van der Waals surface area contributed by atoms with Gasteiger partial charge in [-0.3, -0.25) is 9.78 Å². The molecule has 1 aromatic heterocycles. The van der Waals surface area contributed by atoms with Crippen LogP contribution in [0.3, 0.4) is 0 Å². The van der Waals surface area contributed by atoms with Gasteiger partial charge >= 0.3 is 0 Å². The molecule has 0 aliphatic carbocycles. The quantitative estimate of drug-likeness (QED) is 0.874. The van der Waals surface area contributed by atoms with Crippen LogP contribution in [0, 0.1) is 5.92 Å². The van der Waals surface area contributed by atoms with Crippen LogP contribution in [0.25, 0.3) is 11.0 Å². The maximum Gasteiger partial charge on any atom is 0.226 e. The van der Waals surface area contributed by atoms with E-state index in [9.17, 15) is 4.79 Å². The second-order valence-electron chi connectivity index (χ2n) is 6.86. The summed E-state index contributed by atoms with van der Waals surface area (Å²) in [5.41, 5.74) is 2.66. The molecule has 1 amide bonds. The fourth-order valence-corrected chi connectivity index (χ4v) is 3.28. The van der Waals surface area contributed by atoms with Crippen LogP contribution in [0.2, 0.25) is 0 Å². The summed E-state index contributed by atoms with van der Waals surface area (Å²) in [6.45, 7) is 7.17. The number of hydrogen-bond donors (Lipinski definition) is 0. The van der Waals surface area contributed by atoms with Gasteiger partial charge in [0.25, 0.3) is 0 Å². The number of benzene rings is 1. The van der Waals surface area contributed by atoms with Gasteiger partial charge in [-0.05, 0) is 38.8 Å². The molecule has 2 aromatic rings. The van der Waals surface area contributed by atoms with Gasteiger partial charge in [-0.15, -0.1) is 0 Å². The predicted molar refractivity (Wildman–Crippen MR) is 87.4 cm³/mol. The van der Waals surface area contributed by atoms with Gasteiger partial charge in [0.15, 0.2) is 0 Å². The highest BCUT2D eigenvalue weighted by atomic mass is 16.2. The van der Waals surface area contributed by atoms with Gasteiger partial charge in [-0.25, -0.2) is 4.98 Å². The largest absolute Gasteiger partial charge is 0.337 e. The molecule has 2 heterocycles. The van der Waals surface area contributed by atoms with Crippen LogP contribution in [0.15, 0.2) is 30.5 Å². The van der Waals surface area contributed by atoms with Gasteiger partial charge in [0.2, 0.25) is 5.91 Å². The number of carbonyl (C=O) groups is 1. The Balaban J connectivity index is 1.75. The van der Waals surface area contributed by atoms with Crippen molar-refractivity contribution < 1.29 is 4.79 Å². The van der Waals surface area contributed by atoms with E-state index in [0.717, 1.165) is 36.1 Å². The second-order valence-corrected chi connectivity index (χ2v) is 6.86. The van der Waals surface area contributed by atoms with E-state index in [1.165, 1.54) is 0 Å². The SMILES string of the molecule is CC(Cc1cnc2ccccc2n1)C(=O)N1CCCC1(C)C. The van der Waals surface area contributed by atoms with E-state index >= 15 is 0 Å². The Morgan fingerprint density at radius 3 is 2.73 bits per heavy atom. The lowest BCUT2D eigenvalue weighted by Gasteiger charge is -2.33. The monoisotopic (exact) mass is 297 g/mol. The predicted octanol–water partition coefficient (Wildman–Crippen LogP) is 3.21. The zero-order valence-corrected chi connectivity index (χ0v) is 13.5. The summed E-state index contributed by atoms with van der Waals surface area (Å²) >= 11 is 0. The maximum atomic E-state index is 12.7. The topological polar surface area (TPSA) is 46.1 Å². The summed E-state index contributed by atoms with van der Waals surface area (Å²) in [6.07, 6.45) is 4.62. The van der Waals surface area contributed by atoms with E-state index in [1.54, 1.807) is 6.20 Å². The molecule has 1 aliphatic rings. The number of fused-ring (bicyclic) bond motifs is 1. The first-order valence-electron chi connectivity index (χ1n) is 7.99. The highest BCUT2D eigenvalue weighted by molar-refractivity contribution is 5.80. The minimum atomic E-state index is -0.0622. The van der Waals surface area contributed by atoms with Crippen molar-refractivity contribution >= 4 is 16.9 Å². The van der Waals surface area contributed by atoms with Crippen molar-refractivity contribution in [2.45, 2.75) is 45.6 Å². The molecule has 22 heavy (non-hydrogen) atoms. The third-order valence-corrected chi connectivity index (χ3v) is 4.60. The van der Waals surface area contributed by atoms with Crippen molar-refractivity contribution in [1.29, 1.82) is 0 Å². The Bertz CT molecular complexity index is 696. The number of rotatable bonds is 3. The molecule has 0 radical (unpaired) electrons. The first-order valence-corrected chi connectivity index (χ1v) is 7.99. The van der Waals surface area contributed by atoms with Crippen molar-refractivity contribution in [2.75, 3.05) is 6.54 Å². The first-order chi connectivity index (χ1) is 10.5. The molecular weight excluding hydrogens is 274 g/mol. The summed E-state index contributed by atoms with van der Waals surface area (Å²) in [4.78, 5) is 23.8. The zero-order valence-electron chi connectivity index (χ0n) is 13.5. The molecule has 1 aliphatic heterocycles. The molecule has 1 fully saturated rings. The fraction of sp³-hybridized carbons (Fsp3) is 0.500. The lowest BCUT2D eigenvalue weighted by molar-refractivity contribution is -0.138. The molecule has 0 N–H and O–H groups in total. The molecule has 4 heteroatoms. The highest BCUT2D eigenvalue weighted by Crippen LogP contribution is 2.30. The molecule has 0 saturated carbocycles. The average Bonchev–Trinajstić information content (AvgIpc) is 2.85. The second kappa shape index (κ2) is 5.67. The lowest BCUT2D eigenvalue weighted by atomic mass is 9.98. The van der Waals surface area contributed by atoms with Crippen LogP contribution >= 0.6 is 0 Å². The Labute approximate surface area is 131 Å². The Kier molecular flexibility index (Phi) is 3.85. The van der Waals surface area contributed by atoms with E-state index in [1.807, 2.05) is 36.1 Å². The number of carbonyl (C=O) groups excluding carboxylic acids is 1. The fourth-order valence-electron chi connectivity index (χ4n) is 3.28. The van der Waals surface area contributed by atoms with Crippen molar-refractivity contribution in [2.24, 2.45) is 5.92 Å². The molecule has 1 unspecified atom stereocenters. The molecular formula is C18H23N3O. The number of nitrogens with zero attached hydrogens (tertiary/aromatic N) is 3. The van der Waals surface area contributed by atoms with E-state index in [-0.39, 0.29) is 17.4 Å². The third-order valence-electron chi connectivity index (χ3n) is 4.60. The molecule has 116 valence electrons. The number of para-hydroxylation sites is 2. The van der Waals surface area contributed by atoms with Gasteiger partial charge in [-0.1, -0.05) is 19.1 Å². The smallest absolute Gasteiger partial charge is 0.226 e. The van der Waals surface area contributed by atoms with E-state index in [4.69, 9.17) is 0 Å². The standard InChI is InChI=1S/C18H23N3O/c1-13(17(22)21-10-6-9-18(21,2)3)11-14-12-19-15-7-4-5-8-16(15)20-14/h4-5,7-8,12-13H,6,9-11H2,1-3H3. The summed E-state index contributed by atoms with van der Waals surface area (Å²) in [7, 11) is 0. The molecule has 1 atom stereocenters. The summed E-state index contributed by atoms with van der Waals surface area (Å²) in [5.74, 6) is 0.172. The van der Waals surface area contributed by atoms with Gasteiger partial charge in [0.05, 0.1) is 16.7 Å². The third kappa shape index (κ3) is 2.82. The Morgan fingerprint density at radius 1 is 1.32 bits per heavy atom. The van der Waals surface area contributed by atoms with Crippen LogP contribution in [0.4, 0.5) is 0 Å². The van der Waals surface area contributed by atoms with E-state index in [2.05, 4.69) is 23.8 Å². The number of aromatic nitrogens is 2. The van der Waals surface area contributed by atoms with Crippen LogP contribution in [-0.2, 0) is 11.2 Å².